The Bertz CT molecular complexity index is 1440. The summed E-state index contributed by atoms with van der Waals surface area (Å²) in [5.74, 6) is -4.97. The van der Waals surface area contributed by atoms with Crippen LogP contribution in [0.15, 0.2) is 24.3 Å². The Morgan fingerprint density at radius 1 is 0.898 bits per heavy atom. The number of fused-ring (bicyclic) bond motifs is 1. The largest absolute Gasteiger partial charge is 0.480 e. The number of carboxylic acid groups (broad SMARTS) is 2. The van der Waals surface area contributed by atoms with Gasteiger partial charge in [0.1, 0.15) is 24.2 Å². The van der Waals surface area contributed by atoms with E-state index in [9.17, 15) is 42.7 Å². The van der Waals surface area contributed by atoms with Crippen molar-refractivity contribution in [3.8, 4) is 0 Å². The molecule has 13 nitrogen and oxygen atoms in total. The number of nitrogens with zero attached hydrogens (tertiary/aromatic N) is 1. The number of hydrogen-bond donors (Lipinski definition) is 6. The molecule has 1 aliphatic heterocycles. The van der Waals surface area contributed by atoms with Crippen LogP contribution in [0.3, 0.4) is 0 Å². The number of alkyl halides is 2. The molecule has 0 aromatic heterocycles. The van der Waals surface area contributed by atoms with E-state index in [-0.39, 0.29) is 42.3 Å². The SMILES string of the molecule is CC1(C)C2CN(C(=O)[C@@H](NC(=O)N[C@H](C(=O)O)C(C)(C)C)C(C)(C)C)[C@H](C(=O)N[C@@H](CC(F)F)C(=O)NCCc3ccc(C(=O)O)cc3)C21. The summed E-state index contributed by atoms with van der Waals surface area (Å²) in [5.41, 5.74) is -1.28. The van der Waals surface area contributed by atoms with Crippen molar-refractivity contribution in [2.45, 2.75) is 98.8 Å². The Morgan fingerprint density at radius 3 is 1.94 bits per heavy atom. The molecule has 1 aromatic rings. The Hall–Kier alpha value is -4.30. The van der Waals surface area contributed by atoms with Crippen LogP contribution in [0.2, 0.25) is 0 Å². The minimum Gasteiger partial charge on any atom is -0.480 e. The van der Waals surface area contributed by atoms with E-state index in [0.29, 0.717) is 5.56 Å². The second-order valence-electron chi connectivity index (χ2n) is 15.7. The van der Waals surface area contributed by atoms with Crippen LogP contribution >= 0.6 is 0 Å². The van der Waals surface area contributed by atoms with Crippen LogP contribution in [0.5, 0.6) is 0 Å². The minimum absolute atomic E-state index is 0.0333. The van der Waals surface area contributed by atoms with Crippen LogP contribution in [0, 0.1) is 28.1 Å². The molecule has 3 rings (SSSR count). The topological polar surface area (TPSA) is 194 Å². The van der Waals surface area contributed by atoms with E-state index in [1.54, 1.807) is 53.7 Å². The van der Waals surface area contributed by atoms with Crippen molar-refractivity contribution in [1.29, 1.82) is 0 Å². The molecule has 1 saturated heterocycles. The first-order valence-corrected chi connectivity index (χ1v) is 16.3. The zero-order valence-electron chi connectivity index (χ0n) is 29.2. The molecule has 1 heterocycles. The van der Waals surface area contributed by atoms with Gasteiger partial charge in [0.2, 0.25) is 24.1 Å². The number of rotatable bonds is 13. The fourth-order valence-electron chi connectivity index (χ4n) is 6.51. The predicted molar refractivity (Wildman–Crippen MR) is 175 cm³/mol. The molecular formula is C34H49F2N5O8. The lowest BCUT2D eigenvalue weighted by atomic mass is 9.85. The van der Waals surface area contributed by atoms with Crippen molar-refractivity contribution < 1.29 is 47.8 Å². The zero-order valence-corrected chi connectivity index (χ0v) is 29.2. The quantitative estimate of drug-likeness (QED) is 0.182. The van der Waals surface area contributed by atoms with Gasteiger partial charge in [-0.15, -0.1) is 0 Å². The number of aliphatic carboxylic acids is 1. The summed E-state index contributed by atoms with van der Waals surface area (Å²) in [6.07, 6.45) is -3.61. The minimum atomic E-state index is -2.93. The first-order chi connectivity index (χ1) is 22.5. The second kappa shape index (κ2) is 14.7. The van der Waals surface area contributed by atoms with Crippen LogP contribution in [-0.2, 0) is 25.6 Å². The summed E-state index contributed by atoms with van der Waals surface area (Å²) < 4.78 is 27.2. The highest BCUT2D eigenvalue weighted by Crippen LogP contribution is 2.65. The lowest BCUT2D eigenvalue weighted by Gasteiger charge is -2.38. The van der Waals surface area contributed by atoms with Crippen LogP contribution in [0.4, 0.5) is 13.6 Å². The first kappa shape index (κ1) is 39.1. The van der Waals surface area contributed by atoms with Gasteiger partial charge in [0, 0.05) is 19.5 Å². The summed E-state index contributed by atoms with van der Waals surface area (Å²) in [4.78, 5) is 78.3. The summed E-state index contributed by atoms with van der Waals surface area (Å²) in [7, 11) is 0. The monoisotopic (exact) mass is 693 g/mol. The highest BCUT2D eigenvalue weighted by Gasteiger charge is 2.70. The van der Waals surface area contributed by atoms with Gasteiger partial charge in [0.25, 0.3) is 0 Å². The Balaban J connectivity index is 1.77. The van der Waals surface area contributed by atoms with Crippen molar-refractivity contribution in [3.05, 3.63) is 35.4 Å². The number of urea groups is 1. The van der Waals surface area contributed by atoms with E-state index in [2.05, 4.69) is 21.3 Å². The number of halogens is 2. The molecule has 1 aromatic carbocycles. The number of likely N-dealkylation sites (tertiary alicyclic amines) is 1. The maximum atomic E-state index is 14.1. The van der Waals surface area contributed by atoms with Crippen LogP contribution in [-0.4, -0.2) is 94.5 Å². The molecule has 2 fully saturated rings. The number of nitrogens with one attached hydrogen (secondary N) is 4. The summed E-state index contributed by atoms with van der Waals surface area (Å²) in [5, 5.41) is 28.7. The molecule has 15 heteroatoms. The molecule has 49 heavy (non-hydrogen) atoms. The molecule has 1 aliphatic carbocycles. The molecule has 0 radical (unpaired) electrons. The molecule has 2 unspecified atom stereocenters. The molecule has 2 aliphatic rings. The molecular weight excluding hydrogens is 644 g/mol. The summed E-state index contributed by atoms with van der Waals surface area (Å²) in [6.45, 7) is 14.1. The number of carbonyl (C=O) groups is 6. The van der Waals surface area contributed by atoms with Gasteiger partial charge < -0.3 is 36.4 Å². The van der Waals surface area contributed by atoms with Crippen LogP contribution < -0.4 is 21.3 Å². The fraction of sp³-hybridized carbons (Fsp3) is 0.647. The van der Waals surface area contributed by atoms with E-state index in [1.165, 1.54) is 17.0 Å². The lowest BCUT2D eigenvalue weighted by Crippen LogP contribution is -2.62. The Morgan fingerprint density at radius 2 is 1.45 bits per heavy atom. The number of carboxylic acids is 2. The van der Waals surface area contributed by atoms with Gasteiger partial charge in [-0.3, -0.25) is 14.4 Å². The summed E-state index contributed by atoms with van der Waals surface area (Å²) in [6, 6.07) is -0.0845. The Kier molecular flexibility index (Phi) is 11.7. The molecule has 1 saturated carbocycles. The van der Waals surface area contributed by atoms with E-state index in [0.717, 1.165) is 0 Å². The number of hydrogen-bond acceptors (Lipinski definition) is 6. The van der Waals surface area contributed by atoms with Crippen molar-refractivity contribution >= 4 is 35.7 Å². The lowest BCUT2D eigenvalue weighted by molar-refractivity contribution is -0.144. The third kappa shape index (κ3) is 9.44. The maximum absolute atomic E-state index is 14.1. The van der Waals surface area contributed by atoms with Gasteiger partial charge in [-0.2, -0.15) is 0 Å². The van der Waals surface area contributed by atoms with Gasteiger partial charge in [0.05, 0.1) is 5.56 Å². The average molecular weight is 694 g/mol. The van der Waals surface area contributed by atoms with Crippen molar-refractivity contribution in [2.75, 3.05) is 13.1 Å². The van der Waals surface area contributed by atoms with Crippen molar-refractivity contribution in [2.24, 2.45) is 28.1 Å². The number of carbonyl (C=O) groups excluding carboxylic acids is 4. The van der Waals surface area contributed by atoms with Gasteiger partial charge in [-0.1, -0.05) is 67.5 Å². The number of piperidine rings is 1. The zero-order chi connectivity index (χ0) is 37.2. The average Bonchev–Trinajstić information content (AvgIpc) is 3.28. The third-order valence-electron chi connectivity index (χ3n) is 9.50. The van der Waals surface area contributed by atoms with Crippen LogP contribution in [0.25, 0.3) is 0 Å². The van der Waals surface area contributed by atoms with E-state index >= 15 is 0 Å². The molecule has 0 bridgehead atoms. The molecule has 0 spiro atoms. The predicted octanol–water partition coefficient (Wildman–Crippen LogP) is 2.88. The highest BCUT2D eigenvalue weighted by atomic mass is 19.3. The molecule has 5 amide bonds. The normalized spacial score (nSPS) is 21.5. The van der Waals surface area contributed by atoms with Gasteiger partial charge >= 0.3 is 18.0 Å². The fourth-order valence-corrected chi connectivity index (χ4v) is 6.51. The van der Waals surface area contributed by atoms with Crippen LogP contribution in [0.1, 0.15) is 77.7 Å². The first-order valence-electron chi connectivity index (χ1n) is 16.3. The van der Waals surface area contributed by atoms with Crippen molar-refractivity contribution in [3.63, 3.8) is 0 Å². The van der Waals surface area contributed by atoms with Gasteiger partial charge in [0.15, 0.2) is 0 Å². The van der Waals surface area contributed by atoms with E-state index in [4.69, 9.17) is 5.11 Å². The second-order valence-corrected chi connectivity index (χ2v) is 15.7. The number of benzene rings is 1. The smallest absolute Gasteiger partial charge is 0.335 e. The molecule has 6 atom stereocenters. The maximum Gasteiger partial charge on any atom is 0.335 e. The van der Waals surface area contributed by atoms with Gasteiger partial charge in [-0.25, -0.2) is 23.2 Å². The Labute approximate surface area is 284 Å². The van der Waals surface area contributed by atoms with Gasteiger partial charge in [-0.05, 0) is 52.2 Å². The standard InChI is InChI=1S/C34H49F2N5O8/c1-32(2,3)24(39-31(49)40-25(30(47)48)33(4,5)6)28(44)41-16-19-22(34(19,7)8)23(41)27(43)38-20(15-21(35)36)26(42)37-14-13-17-9-11-18(12-10-17)29(45)46/h9-12,19-25H,13-16H2,1-8H3,(H,37,42)(H,38,43)(H,45,46)(H,47,48)(H2,39,40,49)/t19?,20-,22?,23-,24+,25+/m0/s1. The van der Waals surface area contributed by atoms with E-state index < -0.39 is 83.5 Å². The summed E-state index contributed by atoms with van der Waals surface area (Å²) >= 11 is 0. The third-order valence-corrected chi connectivity index (χ3v) is 9.50. The molecule has 272 valence electrons. The number of amides is 5. The number of aromatic carboxylic acids is 1. The highest BCUT2D eigenvalue weighted by molar-refractivity contribution is 5.96. The molecule has 6 N–H and O–H groups in total. The van der Waals surface area contributed by atoms with Crippen molar-refractivity contribution in [1.82, 2.24) is 26.2 Å². The van der Waals surface area contributed by atoms with E-state index in [1.807, 2.05) is 13.8 Å².